The quantitative estimate of drug-likeness (QED) is 0.784. The predicted octanol–water partition coefficient (Wildman–Crippen LogP) is 1.53. The Morgan fingerprint density at radius 1 is 1.18 bits per heavy atom. The summed E-state index contributed by atoms with van der Waals surface area (Å²) in [6, 6.07) is 0. The highest BCUT2D eigenvalue weighted by atomic mass is 19.4. The number of nitrogens with two attached hydrogens (primary N) is 1. The SMILES string of the molecule is CCN(CCN)C(=O)C(C(F)(F)F)C(F)(F)F. The molecule has 102 valence electrons. The number of carbonyl (C=O) groups excluding carboxylic acids is 1. The summed E-state index contributed by atoms with van der Waals surface area (Å²) < 4.78 is 73.2. The van der Waals surface area contributed by atoms with E-state index in [1.54, 1.807) is 0 Å². The Kier molecular flexibility index (Phi) is 5.24. The fourth-order valence-corrected chi connectivity index (χ4v) is 1.23. The second kappa shape index (κ2) is 5.56. The Morgan fingerprint density at radius 2 is 1.59 bits per heavy atom. The third kappa shape index (κ3) is 4.41. The van der Waals surface area contributed by atoms with E-state index >= 15 is 0 Å². The maximum Gasteiger partial charge on any atom is 0.409 e. The number of hydrogen-bond donors (Lipinski definition) is 1. The first-order valence-electron chi connectivity index (χ1n) is 4.68. The van der Waals surface area contributed by atoms with Gasteiger partial charge >= 0.3 is 12.4 Å². The molecule has 0 saturated carbocycles. The summed E-state index contributed by atoms with van der Waals surface area (Å²) in [6.07, 6.45) is -11.3. The summed E-state index contributed by atoms with van der Waals surface area (Å²) >= 11 is 0. The molecule has 17 heavy (non-hydrogen) atoms. The van der Waals surface area contributed by atoms with Gasteiger partial charge in [0.25, 0.3) is 0 Å². The molecular formula is C8H12F6N2O. The molecule has 0 heterocycles. The van der Waals surface area contributed by atoms with E-state index in [4.69, 9.17) is 5.73 Å². The van der Waals surface area contributed by atoms with Crippen molar-refractivity contribution in [1.82, 2.24) is 4.90 Å². The summed E-state index contributed by atoms with van der Waals surface area (Å²) in [5, 5.41) is 0. The van der Waals surface area contributed by atoms with Gasteiger partial charge < -0.3 is 10.6 Å². The molecule has 0 bridgehead atoms. The first kappa shape index (κ1) is 16.0. The zero-order chi connectivity index (χ0) is 13.9. The van der Waals surface area contributed by atoms with Crippen molar-refractivity contribution in [2.24, 2.45) is 11.7 Å². The number of hydrogen-bond acceptors (Lipinski definition) is 2. The topological polar surface area (TPSA) is 46.3 Å². The molecule has 0 atom stereocenters. The van der Waals surface area contributed by atoms with Gasteiger partial charge in [-0.15, -0.1) is 0 Å². The van der Waals surface area contributed by atoms with Crippen LogP contribution in [0.25, 0.3) is 0 Å². The zero-order valence-corrected chi connectivity index (χ0v) is 8.90. The fourth-order valence-electron chi connectivity index (χ4n) is 1.23. The van der Waals surface area contributed by atoms with Crippen LogP contribution in [0.15, 0.2) is 0 Å². The zero-order valence-electron chi connectivity index (χ0n) is 8.90. The van der Waals surface area contributed by atoms with Gasteiger partial charge in [-0.1, -0.05) is 0 Å². The average molecular weight is 266 g/mol. The molecule has 1 amide bonds. The molecule has 0 aromatic rings. The van der Waals surface area contributed by atoms with Gasteiger partial charge in [0.15, 0.2) is 0 Å². The van der Waals surface area contributed by atoms with Crippen LogP contribution in [0.2, 0.25) is 0 Å². The van der Waals surface area contributed by atoms with Crippen LogP contribution in [0, 0.1) is 5.92 Å². The van der Waals surface area contributed by atoms with Gasteiger partial charge in [-0.25, -0.2) is 0 Å². The van der Waals surface area contributed by atoms with Gasteiger partial charge in [-0.05, 0) is 6.92 Å². The van der Waals surface area contributed by atoms with Gasteiger partial charge in [-0.3, -0.25) is 4.79 Å². The largest absolute Gasteiger partial charge is 0.409 e. The van der Waals surface area contributed by atoms with Crippen molar-refractivity contribution >= 4 is 5.91 Å². The molecule has 0 aliphatic carbocycles. The van der Waals surface area contributed by atoms with Gasteiger partial charge in [0, 0.05) is 19.6 Å². The number of rotatable bonds is 4. The van der Waals surface area contributed by atoms with Gasteiger partial charge in [0.2, 0.25) is 11.8 Å². The van der Waals surface area contributed by atoms with Crippen molar-refractivity contribution < 1.29 is 31.1 Å². The minimum Gasteiger partial charge on any atom is -0.341 e. The Bertz CT molecular complexity index is 248. The molecule has 0 aromatic heterocycles. The Labute approximate surface area is 93.5 Å². The van der Waals surface area contributed by atoms with Crippen molar-refractivity contribution in [3.05, 3.63) is 0 Å². The lowest BCUT2D eigenvalue weighted by molar-refractivity contribution is -0.277. The second-order valence-electron chi connectivity index (χ2n) is 3.22. The van der Waals surface area contributed by atoms with E-state index in [0.717, 1.165) is 0 Å². The van der Waals surface area contributed by atoms with Crippen LogP contribution in [-0.2, 0) is 4.79 Å². The first-order valence-corrected chi connectivity index (χ1v) is 4.68. The molecule has 0 aromatic carbocycles. The molecule has 0 fully saturated rings. The number of alkyl halides is 6. The molecule has 9 heteroatoms. The molecule has 0 rings (SSSR count). The van der Waals surface area contributed by atoms with E-state index in [1.165, 1.54) is 6.92 Å². The third-order valence-corrected chi connectivity index (χ3v) is 1.99. The third-order valence-electron chi connectivity index (χ3n) is 1.99. The number of likely N-dealkylation sites (N-methyl/N-ethyl adjacent to an activating group) is 1. The van der Waals surface area contributed by atoms with E-state index in [1.807, 2.05) is 0 Å². The first-order chi connectivity index (χ1) is 7.55. The lowest BCUT2D eigenvalue weighted by Crippen LogP contribution is -2.50. The van der Waals surface area contributed by atoms with Gasteiger partial charge in [0.1, 0.15) is 0 Å². The summed E-state index contributed by atoms with van der Waals surface area (Å²) in [5.74, 6) is -6.00. The van der Waals surface area contributed by atoms with Crippen LogP contribution < -0.4 is 5.73 Å². The normalized spacial score (nSPS) is 13.0. The summed E-state index contributed by atoms with van der Waals surface area (Å²) in [6.45, 7) is 0.454. The Morgan fingerprint density at radius 3 is 1.82 bits per heavy atom. The van der Waals surface area contributed by atoms with Crippen LogP contribution in [0.5, 0.6) is 0 Å². The second-order valence-corrected chi connectivity index (χ2v) is 3.22. The molecule has 0 saturated heterocycles. The number of halogens is 6. The molecule has 0 aliphatic rings. The summed E-state index contributed by atoms with van der Waals surface area (Å²) in [4.78, 5) is 11.6. The molecule has 0 radical (unpaired) electrons. The predicted molar refractivity (Wildman–Crippen MR) is 46.9 cm³/mol. The minimum absolute atomic E-state index is 0.206. The summed E-state index contributed by atoms with van der Waals surface area (Å²) in [7, 11) is 0. The standard InChI is InChI=1S/C8H12F6N2O/c1-2-16(4-3-15)6(17)5(7(9,10)11)8(12,13)14/h5H,2-4,15H2,1H3. The van der Waals surface area contributed by atoms with Crippen molar-refractivity contribution in [2.75, 3.05) is 19.6 Å². The number of amides is 1. The van der Waals surface area contributed by atoms with Gasteiger partial charge in [0.05, 0.1) is 0 Å². The maximum absolute atomic E-state index is 12.2. The van der Waals surface area contributed by atoms with Crippen molar-refractivity contribution in [2.45, 2.75) is 19.3 Å². The van der Waals surface area contributed by atoms with Crippen LogP contribution in [0.4, 0.5) is 26.3 Å². The Balaban J connectivity index is 5.14. The van der Waals surface area contributed by atoms with E-state index in [-0.39, 0.29) is 19.6 Å². The smallest absolute Gasteiger partial charge is 0.341 e. The lowest BCUT2D eigenvalue weighted by atomic mass is 10.1. The van der Waals surface area contributed by atoms with Gasteiger partial charge in [-0.2, -0.15) is 26.3 Å². The van der Waals surface area contributed by atoms with Crippen LogP contribution in [-0.4, -0.2) is 42.8 Å². The molecular weight excluding hydrogens is 254 g/mol. The maximum atomic E-state index is 12.2. The Hall–Kier alpha value is -0.990. The molecule has 0 spiro atoms. The van der Waals surface area contributed by atoms with E-state index < -0.39 is 24.2 Å². The lowest BCUT2D eigenvalue weighted by Gasteiger charge is -2.28. The number of nitrogens with zero attached hydrogens (tertiary/aromatic N) is 1. The van der Waals surface area contributed by atoms with E-state index in [0.29, 0.717) is 4.90 Å². The van der Waals surface area contributed by atoms with Crippen molar-refractivity contribution in [3.63, 3.8) is 0 Å². The highest BCUT2D eigenvalue weighted by Crippen LogP contribution is 2.40. The fraction of sp³-hybridized carbons (Fsp3) is 0.875. The van der Waals surface area contributed by atoms with Crippen LogP contribution >= 0.6 is 0 Å². The molecule has 3 nitrogen and oxygen atoms in total. The van der Waals surface area contributed by atoms with Crippen LogP contribution in [0.3, 0.4) is 0 Å². The summed E-state index contributed by atoms with van der Waals surface area (Å²) in [5.41, 5.74) is 5.00. The molecule has 0 aliphatic heterocycles. The highest BCUT2D eigenvalue weighted by Gasteiger charge is 2.61. The average Bonchev–Trinajstić information content (AvgIpc) is 2.08. The molecule has 2 N–H and O–H groups in total. The monoisotopic (exact) mass is 266 g/mol. The highest BCUT2D eigenvalue weighted by molar-refractivity contribution is 5.80. The minimum atomic E-state index is -5.66. The van der Waals surface area contributed by atoms with E-state index in [2.05, 4.69) is 0 Å². The van der Waals surface area contributed by atoms with E-state index in [9.17, 15) is 31.1 Å². The molecule has 0 unspecified atom stereocenters. The van der Waals surface area contributed by atoms with Crippen molar-refractivity contribution in [1.29, 1.82) is 0 Å². The van der Waals surface area contributed by atoms with Crippen LogP contribution in [0.1, 0.15) is 6.92 Å². The number of carbonyl (C=O) groups is 1. The van der Waals surface area contributed by atoms with Crippen molar-refractivity contribution in [3.8, 4) is 0 Å².